The highest BCUT2D eigenvalue weighted by atomic mass is 32.2. The van der Waals surface area contributed by atoms with Crippen molar-refractivity contribution in [1.29, 1.82) is 0 Å². The first kappa shape index (κ1) is 15.4. The van der Waals surface area contributed by atoms with Crippen LogP contribution in [-0.2, 0) is 14.6 Å². The van der Waals surface area contributed by atoms with Gasteiger partial charge in [-0.1, -0.05) is 13.3 Å². The first-order chi connectivity index (χ1) is 8.34. The molecule has 1 saturated carbocycles. The maximum Gasteiger partial charge on any atom is 0.304 e. The van der Waals surface area contributed by atoms with E-state index in [0.717, 1.165) is 25.8 Å². The lowest BCUT2D eigenvalue weighted by Crippen LogP contribution is -2.42. The predicted molar refractivity (Wildman–Crippen MR) is 70.4 cm³/mol. The summed E-state index contributed by atoms with van der Waals surface area (Å²) < 4.78 is 23.2. The van der Waals surface area contributed by atoms with Crippen LogP contribution in [0.2, 0.25) is 0 Å². The van der Waals surface area contributed by atoms with Crippen molar-refractivity contribution in [3.63, 3.8) is 0 Å². The second-order valence-corrected chi connectivity index (χ2v) is 7.37. The second-order valence-electron chi connectivity index (χ2n) is 5.04. The summed E-state index contributed by atoms with van der Waals surface area (Å²) in [6.07, 6.45) is 4.69. The van der Waals surface area contributed by atoms with Crippen LogP contribution < -0.4 is 0 Å². The molecule has 0 aromatic carbocycles. The van der Waals surface area contributed by atoms with Gasteiger partial charge in [-0.3, -0.25) is 4.79 Å². The summed E-state index contributed by atoms with van der Waals surface area (Å²) >= 11 is 0. The van der Waals surface area contributed by atoms with E-state index in [2.05, 4.69) is 4.90 Å². The van der Waals surface area contributed by atoms with E-state index in [1.54, 1.807) is 0 Å². The SMILES string of the molecule is CCN(CCC(=O)O)C1CCCC(S(C)(=O)=O)C1. The second kappa shape index (κ2) is 6.52. The Labute approximate surface area is 109 Å². The molecular formula is C12H23NO4S. The normalized spacial score (nSPS) is 25.3. The molecule has 0 aromatic rings. The lowest BCUT2D eigenvalue weighted by atomic mass is 9.93. The highest BCUT2D eigenvalue weighted by Crippen LogP contribution is 2.27. The molecule has 6 heteroatoms. The Bertz CT molecular complexity index is 380. The van der Waals surface area contributed by atoms with E-state index >= 15 is 0 Å². The predicted octanol–water partition coefficient (Wildman–Crippen LogP) is 1.14. The van der Waals surface area contributed by atoms with Crippen molar-refractivity contribution in [2.45, 2.75) is 50.3 Å². The number of carboxylic acid groups (broad SMARTS) is 1. The molecule has 0 aromatic heterocycles. The average Bonchev–Trinajstić information content (AvgIpc) is 2.29. The van der Waals surface area contributed by atoms with Crippen molar-refractivity contribution < 1.29 is 18.3 Å². The third kappa shape index (κ3) is 4.57. The minimum atomic E-state index is -2.97. The van der Waals surface area contributed by atoms with Crippen molar-refractivity contribution >= 4 is 15.8 Å². The quantitative estimate of drug-likeness (QED) is 0.788. The summed E-state index contributed by atoms with van der Waals surface area (Å²) in [5.41, 5.74) is 0. The fourth-order valence-electron chi connectivity index (χ4n) is 2.68. The fourth-order valence-corrected chi connectivity index (χ4v) is 3.85. The molecular weight excluding hydrogens is 254 g/mol. The van der Waals surface area contributed by atoms with E-state index in [0.29, 0.717) is 13.0 Å². The number of hydrogen-bond donors (Lipinski definition) is 1. The lowest BCUT2D eigenvalue weighted by molar-refractivity contribution is -0.137. The first-order valence-corrected chi connectivity index (χ1v) is 8.44. The van der Waals surface area contributed by atoms with E-state index in [1.165, 1.54) is 6.26 Å². The van der Waals surface area contributed by atoms with Gasteiger partial charge in [0.15, 0.2) is 0 Å². The Morgan fingerprint density at radius 3 is 2.56 bits per heavy atom. The van der Waals surface area contributed by atoms with E-state index < -0.39 is 15.8 Å². The Morgan fingerprint density at radius 1 is 1.39 bits per heavy atom. The van der Waals surface area contributed by atoms with Gasteiger partial charge in [-0.05, 0) is 25.8 Å². The van der Waals surface area contributed by atoms with Crippen LogP contribution >= 0.6 is 0 Å². The number of sulfone groups is 1. The van der Waals surface area contributed by atoms with E-state index in [-0.39, 0.29) is 17.7 Å². The van der Waals surface area contributed by atoms with Gasteiger partial charge in [0, 0.05) is 18.8 Å². The van der Waals surface area contributed by atoms with Gasteiger partial charge >= 0.3 is 5.97 Å². The highest BCUT2D eigenvalue weighted by Gasteiger charge is 2.31. The van der Waals surface area contributed by atoms with Crippen molar-refractivity contribution in [2.75, 3.05) is 19.3 Å². The molecule has 0 saturated heterocycles. The smallest absolute Gasteiger partial charge is 0.304 e. The van der Waals surface area contributed by atoms with E-state index in [1.807, 2.05) is 6.92 Å². The van der Waals surface area contributed by atoms with Gasteiger partial charge in [0.25, 0.3) is 0 Å². The van der Waals surface area contributed by atoms with Crippen LogP contribution in [0.4, 0.5) is 0 Å². The Hall–Kier alpha value is -0.620. The monoisotopic (exact) mass is 277 g/mol. The molecule has 1 rings (SSSR count). The number of carboxylic acids is 1. The van der Waals surface area contributed by atoms with Gasteiger partial charge in [-0.25, -0.2) is 8.42 Å². The van der Waals surface area contributed by atoms with Gasteiger partial charge in [0.1, 0.15) is 9.84 Å². The van der Waals surface area contributed by atoms with Crippen molar-refractivity contribution in [3.05, 3.63) is 0 Å². The first-order valence-electron chi connectivity index (χ1n) is 6.49. The van der Waals surface area contributed by atoms with Crippen LogP contribution in [0.3, 0.4) is 0 Å². The van der Waals surface area contributed by atoms with Gasteiger partial charge in [0.2, 0.25) is 0 Å². The highest BCUT2D eigenvalue weighted by molar-refractivity contribution is 7.91. The molecule has 2 atom stereocenters. The van der Waals surface area contributed by atoms with Gasteiger partial charge < -0.3 is 10.0 Å². The molecule has 0 amide bonds. The zero-order chi connectivity index (χ0) is 13.8. The Morgan fingerprint density at radius 2 is 2.06 bits per heavy atom. The van der Waals surface area contributed by atoms with Crippen molar-refractivity contribution in [3.8, 4) is 0 Å². The number of aliphatic carboxylic acids is 1. The maximum atomic E-state index is 11.6. The maximum absolute atomic E-state index is 11.6. The lowest BCUT2D eigenvalue weighted by Gasteiger charge is -2.36. The van der Waals surface area contributed by atoms with Crippen LogP contribution in [0.5, 0.6) is 0 Å². The molecule has 2 unspecified atom stereocenters. The molecule has 0 heterocycles. The minimum Gasteiger partial charge on any atom is -0.481 e. The summed E-state index contributed by atoms with van der Waals surface area (Å²) in [5.74, 6) is -0.802. The molecule has 106 valence electrons. The van der Waals surface area contributed by atoms with E-state index in [9.17, 15) is 13.2 Å². The number of carbonyl (C=O) groups is 1. The molecule has 1 aliphatic rings. The molecule has 0 spiro atoms. The largest absolute Gasteiger partial charge is 0.481 e. The third-order valence-electron chi connectivity index (χ3n) is 3.74. The van der Waals surface area contributed by atoms with Crippen LogP contribution in [0.15, 0.2) is 0 Å². The zero-order valence-corrected chi connectivity index (χ0v) is 11.9. The molecule has 1 fully saturated rings. The molecule has 1 N–H and O–H groups in total. The van der Waals surface area contributed by atoms with Gasteiger partial charge in [0.05, 0.1) is 11.7 Å². The van der Waals surface area contributed by atoms with Crippen LogP contribution in [0.25, 0.3) is 0 Å². The molecule has 0 aliphatic heterocycles. The fraction of sp³-hybridized carbons (Fsp3) is 0.917. The summed E-state index contributed by atoms with van der Waals surface area (Å²) in [4.78, 5) is 12.7. The summed E-state index contributed by atoms with van der Waals surface area (Å²) in [5, 5.41) is 8.46. The Kier molecular flexibility index (Phi) is 5.59. The molecule has 0 radical (unpaired) electrons. The van der Waals surface area contributed by atoms with Crippen LogP contribution in [0.1, 0.15) is 39.0 Å². The van der Waals surface area contributed by atoms with Crippen LogP contribution in [-0.4, -0.2) is 55.0 Å². The van der Waals surface area contributed by atoms with Gasteiger partial charge in [-0.2, -0.15) is 0 Å². The topological polar surface area (TPSA) is 74.7 Å². The van der Waals surface area contributed by atoms with Crippen molar-refractivity contribution in [1.82, 2.24) is 4.90 Å². The summed E-state index contributed by atoms with van der Waals surface area (Å²) in [7, 11) is -2.97. The van der Waals surface area contributed by atoms with E-state index in [4.69, 9.17) is 5.11 Å². The minimum absolute atomic E-state index is 0.119. The zero-order valence-electron chi connectivity index (χ0n) is 11.1. The molecule has 0 bridgehead atoms. The molecule has 1 aliphatic carbocycles. The van der Waals surface area contributed by atoms with Crippen molar-refractivity contribution in [2.24, 2.45) is 0 Å². The van der Waals surface area contributed by atoms with Crippen LogP contribution in [0, 0.1) is 0 Å². The third-order valence-corrected chi connectivity index (χ3v) is 5.38. The average molecular weight is 277 g/mol. The standard InChI is InChI=1S/C12H23NO4S/c1-3-13(8-7-12(14)15)10-5-4-6-11(9-10)18(2,16)17/h10-11H,3-9H2,1-2H3,(H,14,15). The summed E-state index contributed by atoms with van der Waals surface area (Å²) in [6.45, 7) is 3.27. The van der Waals surface area contributed by atoms with Gasteiger partial charge in [-0.15, -0.1) is 0 Å². The number of rotatable bonds is 6. The summed E-state index contributed by atoms with van der Waals surface area (Å²) in [6, 6.07) is 0.211. The Balaban J connectivity index is 2.60. The number of nitrogens with zero attached hydrogens (tertiary/aromatic N) is 1. The number of hydrogen-bond acceptors (Lipinski definition) is 4. The molecule has 5 nitrogen and oxygen atoms in total. The molecule has 18 heavy (non-hydrogen) atoms.